The zero-order valence-corrected chi connectivity index (χ0v) is 15.3. The topological polar surface area (TPSA) is 108 Å². The summed E-state index contributed by atoms with van der Waals surface area (Å²) in [7, 11) is 0. The van der Waals surface area contributed by atoms with Gasteiger partial charge in [0.05, 0.1) is 24.5 Å². The fraction of sp³-hybridized carbons (Fsp3) is 0.438. The smallest absolute Gasteiger partial charge is 0.414 e. The summed E-state index contributed by atoms with van der Waals surface area (Å²) in [6, 6.07) is 4.03. The van der Waals surface area contributed by atoms with Crippen LogP contribution in [0.15, 0.2) is 18.2 Å². The largest absolute Gasteiger partial charge is 0.442 e. The predicted octanol–water partition coefficient (Wildman–Crippen LogP) is 0.991. The monoisotopic (exact) mass is 397 g/mol. The first-order chi connectivity index (χ1) is 12.8. The second-order valence-electron chi connectivity index (χ2n) is 6.25. The van der Waals surface area contributed by atoms with E-state index in [0.717, 1.165) is 0 Å². The molecule has 2 heterocycles. The molecule has 4 amide bonds. The molecule has 0 unspecified atom stereocenters. The maximum absolute atomic E-state index is 14.6. The highest BCUT2D eigenvalue weighted by Gasteiger charge is 2.33. The van der Waals surface area contributed by atoms with Crippen LogP contribution in [-0.2, 0) is 4.74 Å². The molecule has 0 spiro atoms. The van der Waals surface area contributed by atoms with Gasteiger partial charge in [-0.15, -0.1) is 0 Å². The van der Waals surface area contributed by atoms with Crippen LogP contribution >= 0.6 is 12.6 Å². The van der Waals surface area contributed by atoms with Gasteiger partial charge in [0.25, 0.3) is 5.24 Å². The number of thiol groups is 1. The van der Waals surface area contributed by atoms with Crippen LogP contribution in [0.3, 0.4) is 0 Å². The molecule has 3 rings (SSSR count). The third-order valence-electron chi connectivity index (χ3n) is 4.53. The Bertz CT molecular complexity index is 756. The predicted molar refractivity (Wildman–Crippen MR) is 99.8 cm³/mol. The van der Waals surface area contributed by atoms with Crippen LogP contribution in [0.2, 0.25) is 0 Å². The number of halogens is 1. The summed E-state index contributed by atoms with van der Waals surface area (Å²) in [6.45, 7) is 2.12. The van der Waals surface area contributed by atoms with E-state index in [1.807, 2.05) is 4.90 Å². The standard InChI is InChI=1S/C16H20FN5O4S/c17-12-7-10(22-9-11(26-16(22)25)8-19-15(24)27)1-2-13(12)20-3-5-21(6-4-20)14(18)23/h1-2,7,11H,3-6,8-9H2,(H2,18,23)(H2,19,24,27)/t11-/m0/s1. The SMILES string of the molecule is NC(=O)N1CCN(c2ccc(N3C[C@H](CNC(=O)S)OC3=O)cc2F)CC1. The Morgan fingerprint density at radius 2 is 2.00 bits per heavy atom. The number of nitrogens with two attached hydrogens (primary N) is 1. The summed E-state index contributed by atoms with van der Waals surface area (Å²) in [5.74, 6) is -0.472. The van der Waals surface area contributed by atoms with Crippen LogP contribution in [0.25, 0.3) is 0 Å². The zero-order valence-electron chi connectivity index (χ0n) is 14.4. The molecule has 0 radical (unpaired) electrons. The van der Waals surface area contributed by atoms with E-state index >= 15 is 0 Å². The highest BCUT2D eigenvalue weighted by molar-refractivity contribution is 7.96. The molecule has 2 aliphatic heterocycles. The normalized spacial score (nSPS) is 19.9. The molecule has 2 fully saturated rings. The Morgan fingerprint density at radius 3 is 2.59 bits per heavy atom. The zero-order chi connectivity index (χ0) is 19.6. The van der Waals surface area contributed by atoms with E-state index in [1.54, 1.807) is 12.1 Å². The molecule has 146 valence electrons. The van der Waals surface area contributed by atoms with Crippen molar-refractivity contribution in [2.24, 2.45) is 5.73 Å². The molecular formula is C16H20FN5O4S. The summed E-state index contributed by atoms with van der Waals surface area (Å²) in [5.41, 5.74) is 6.02. The number of ether oxygens (including phenoxy) is 1. The summed E-state index contributed by atoms with van der Waals surface area (Å²) >= 11 is 3.59. The van der Waals surface area contributed by atoms with Crippen molar-refractivity contribution in [2.75, 3.05) is 49.1 Å². The fourth-order valence-corrected chi connectivity index (χ4v) is 3.22. The van der Waals surface area contributed by atoms with E-state index in [1.165, 1.54) is 15.9 Å². The minimum atomic E-state index is -0.601. The van der Waals surface area contributed by atoms with Crippen molar-refractivity contribution in [1.29, 1.82) is 0 Å². The lowest BCUT2D eigenvalue weighted by Crippen LogP contribution is -2.50. The Morgan fingerprint density at radius 1 is 1.30 bits per heavy atom. The molecule has 9 nitrogen and oxygen atoms in total. The van der Waals surface area contributed by atoms with Crippen LogP contribution in [0.1, 0.15) is 0 Å². The second kappa shape index (κ2) is 7.91. The van der Waals surface area contributed by atoms with Crippen molar-refractivity contribution >= 4 is 41.4 Å². The number of cyclic esters (lactones) is 1. The maximum atomic E-state index is 14.6. The van der Waals surface area contributed by atoms with Gasteiger partial charge in [-0.25, -0.2) is 14.0 Å². The highest BCUT2D eigenvalue weighted by Crippen LogP contribution is 2.28. The van der Waals surface area contributed by atoms with Gasteiger partial charge >= 0.3 is 12.1 Å². The molecule has 1 atom stereocenters. The number of carbonyl (C=O) groups is 3. The van der Waals surface area contributed by atoms with E-state index in [4.69, 9.17) is 10.5 Å². The lowest BCUT2D eigenvalue weighted by atomic mass is 10.2. The number of primary amides is 1. The Kier molecular flexibility index (Phi) is 5.59. The molecule has 0 aromatic heterocycles. The molecule has 1 aromatic rings. The first-order valence-corrected chi connectivity index (χ1v) is 8.83. The van der Waals surface area contributed by atoms with Crippen molar-refractivity contribution in [2.45, 2.75) is 6.10 Å². The molecule has 0 bridgehead atoms. The number of nitrogens with one attached hydrogen (secondary N) is 1. The van der Waals surface area contributed by atoms with Gasteiger partial charge < -0.3 is 25.6 Å². The van der Waals surface area contributed by atoms with Gasteiger partial charge in [-0.2, -0.15) is 0 Å². The maximum Gasteiger partial charge on any atom is 0.414 e. The van der Waals surface area contributed by atoms with Crippen LogP contribution in [0.4, 0.5) is 30.1 Å². The minimum absolute atomic E-state index is 0.134. The molecule has 2 aliphatic rings. The quantitative estimate of drug-likeness (QED) is 0.657. The number of benzene rings is 1. The number of piperazine rings is 1. The van der Waals surface area contributed by atoms with E-state index in [0.29, 0.717) is 37.6 Å². The third-order valence-corrected chi connectivity index (χ3v) is 4.69. The molecule has 3 N–H and O–H groups in total. The van der Waals surface area contributed by atoms with Gasteiger partial charge in [0, 0.05) is 26.2 Å². The number of anilines is 2. The number of amides is 4. The van der Waals surface area contributed by atoms with Crippen molar-refractivity contribution in [3.63, 3.8) is 0 Å². The molecular weight excluding hydrogens is 377 g/mol. The van der Waals surface area contributed by atoms with Crippen LogP contribution in [0, 0.1) is 5.82 Å². The van der Waals surface area contributed by atoms with E-state index in [2.05, 4.69) is 17.9 Å². The number of carbonyl (C=O) groups excluding carboxylic acids is 3. The van der Waals surface area contributed by atoms with Gasteiger partial charge in [0.15, 0.2) is 0 Å². The average molecular weight is 397 g/mol. The number of hydrogen-bond donors (Lipinski definition) is 3. The molecule has 27 heavy (non-hydrogen) atoms. The van der Waals surface area contributed by atoms with Crippen molar-refractivity contribution in [3.05, 3.63) is 24.0 Å². The van der Waals surface area contributed by atoms with Crippen LogP contribution < -0.4 is 20.9 Å². The average Bonchev–Trinajstić information content (AvgIpc) is 3.01. The first kappa shape index (κ1) is 19.1. The first-order valence-electron chi connectivity index (χ1n) is 8.39. The molecule has 0 saturated carbocycles. The van der Waals surface area contributed by atoms with Crippen molar-refractivity contribution in [3.8, 4) is 0 Å². The summed E-state index contributed by atoms with van der Waals surface area (Å²) < 4.78 is 19.8. The molecule has 0 aliphatic carbocycles. The molecule has 11 heteroatoms. The van der Waals surface area contributed by atoms with Crippen LogP contribution in [0.5, 0.6) is 0 Å². The van der Waals surface area contributed by atoms with Gasteiger partial charge in [0.1, 0.15) is 11.9 Å². The van der Waals surface area contributed by atoms with Gasteiger partial charge in [-0.3, -0.25) is 9.69 Å². The highest BCUT2D eigenvalue weighted by atomic mass is 32.1. The van der Waals surface area contributed by atoms with Gasteiger partial charge in [-0.1, -0.05) is 12.6 Å². The fourth-order valence-electron chi connectivity index (χ4n) is 3.13. The number of rotatable bonds is 4. The van der Waals surface area contributed by atoms with E-state index in [-0.39, 0.29) is 13.1 Å². The van der Waals surface area contributed by atoms with Crippen molar-refractivity contribution < 1.29 is 23.5 Å². The van der Waals surface area contributed by atoms with Gasteiger partial charge in [0.2, 0.25) is 0 Å². The third kappa shape index (κ3) is 4.35. The minimum Gasteiger partial charge on any atom is -0.442 e. The number of urea groups is 1. The lowest BCUT2D eigenvalue weighted by Gasteiger charge is -2.35. The van der Waals surface area contributed by atoms with E-state index < -0.39 is 29.3 Å². The molecule has 2 saturated heterocycles. The number of nitrogens with zero attached hydrogens (tertiary/aromatic N) is 3. The Labute approximate surface area is 160 Å². The number of hydrogen-bond acceptors (Lipinski definition) is 5. The Balaban J connectivity index is 1.66. The summed E-state index contributed by atoms with van der Waals surface area (Å²) in [6.07, 6.45) is -1.13. The summed E-state index contributed by atoms with van der Waals surface area (Å²) in [4.78, 5) is 38.7. The second-order valence-corrected chi connectivity index (χ2v) is 6.66. The Hall–Kier alpha value is -2.69. The molecule has 1 aromatic carbocycles. The lowest BCUT2D eigenvalue weighted by molar-refractivity contribution is 0.141. The summed E-state index contributed by atoms with van der Waals surface area (Å²) in [5, 5.41) is 1.94. The van der Waals surface area contributed by atoms with Crippen molar-refractivity contribution in [1.82, 2.24) is 10.2 Å². The van der Waals surface area contributed by atoms with E-state index in [9.17, 15) is 18.8 Å². The van der Waals surface area contributed by atoms with Gasteiger partial charge in [-0.05, 0) is 18.2 Å². The van der Waals surface area contributed by atoms with Crippen LogP contribution in [-0.4, -0.2) is 67.6 Å².